The van der Waals surface area contributed by atoms with Gasteiger partial charge in [-0.1, -0.05) is 15.9 Å². The van der Waals surface area contributed by atoms with Crippen LogP contribution in [0.4, 0.5) is 4.39 Å². The molecule has 0 aliphatic carbocycles. The Morgan fingerprint density at radius 3 is 2.56 bits per heavy atom. The molecule has 0 saturated carbocycles. The zero-order chi connectivity index (χ0) is 12.3. The molecule has 0 aliphatic rings. The molecule has 84 valence electrons. The summed E-state index contributed by atoms with van der Waals surface area (Å²) in [5.74, 6) is -2.56. The highest BCUT2D eigenvalue weighted by atomic mass is 79.9. The van der Waals surface area contributed by atoms with Gasteiger partial charge in [-0.3, -0.25) is 4.79 Å². The molecule has 0 heterocycles. The Bertz CT molecular complexity index is 480. The molecular formula is C11H8BrFO3. The van der Waals surface area contributed by atoms with Crippen molar-refractivity contribution in [1.82, 2.24) is 0 Å². The van der Waals surface area contributed by atoms with Gasteiger partial charge in [0.25, 0.3) is 0 Å². The van der Waals surface area contributed by atoms with Crippen molar-refractivity contribution in [1.29, 1.82) is 0 Å². The summed E-state index contributed by atoms with van der Waals surface area (Å²) >= 11 is 3.14. The molecule has 0 atom stereocenters. The number of hydrogen-bond acceptors (Lipinski definition) is 2. The van der Waals surface area contributed by atoms with Gasteiger partial charge in [0.2, 0.25) is 0 Å². The fourth-order valence-corrected chi connectivity index (χ4v) is 1.71. The number of carboxylic acids is 1. The molecule has 16 heavy (non-hydrogen) atoms. The summed E-state index contributed by atoms with van der Waals surface area (Å²) in [7, 11) is 0. The largest absolute Gasteiger partial charge is 0.478 e. The molecule has 1 N–H and O–H groups in total. The molecule has 3 nitrogen and oxygen atoms in total. The summed E-state index contributed by atoms with van der Waals surface area (Å²) in [5, 5.41) is 8.35. The second-order valence-corrected chi connectivity index (χ2v) is 4.04. The number of allylic oxidation sites excluding steroid dienone is 1. The van der Waals surface area contributed by atoms with Crippen LogP contribution in [0.3, 0.4) is 0 Å². The molecular weight excluding hydrogens is 279 g/mol. The number of carboxylic acid groups (broad SMARTS) is 1. The number of aliphatic carboxylic acids is 1. The molecule has 1 rings (SSSR count). The molecule has 0 bridgehead atoms. The van der Waals surface area contributed by atoms with Crippen LogP contribution < -0.4 is 0 Å². The van der Waals surface area contributed by atoms with E-state index in [-0.39, 0.29) is 5.56 Å². The Kier molecular flexibility index (Phi) is 3.95. The molecule has 0 radical (unpaired) electrons. The third-order valence-corrected chi connectivity index (χ3v) is 2.32. The topological polar surface area (TPSA) is 54.4 Å². The second-order valence-electron chi connectivity index (χ2n) is 3.12. The van der Waals surface area contributed by atoms with E-state index in [1.165, 1.54) is 19.1 Å². The Balaban J connectivity index is 3.13. The molecule has 0 aliphatic heterocycles. The molecule has 1 aromatic carbocycles. The van der Waals surface area contributed by atoms with Crippen molar-refractivity contribution < 1.29 is 19.1 Å². The highest BCUT2D eigenvalue weighted by Crippen LogP contribution is 2.20. The fourth-order valence-electron chi connectivity index (χ4n) is 1.14. The number of hydrogen-bond donors (Lipinski definition) is 1. The van der Waals surface area contributed by atoms with Crippen LogP contribution in [0.5, 0.6) is 0 Å². The van der Waals surface area contributed by atoms with E-state index in [1.54, 1.807) is 0 Å². The maximum Gasteiger partial charge on any atom is 0.328 e. The Morgan fingerprint density at radius 2 is 2.00 bits per heavy atom. The van der Waals surface area contributed by atoms with Crippen molar-refractivity contribution in [2.24, 2.45) is 0 Å². The van der Waals surface area contributed by atoms with Gasteiger partial charge in [0.1, 0.15) is 5.82 Å². The van der Waals surface area contributed by atoms with Gasteiger partial charge in [0.15, 0.2) is 5.78 Å². The third-order valence-electron chi connectivity index (χ3n) is 1.86. The predicted octanol–water partition coefficient (Wildman–Crippen LogP) is 2.72. The van der Waals surface area contributed by atoms with Crippen LogP contribution in [-0.4, -0.2) is 16.9 Å². The van der Waals surface area contributed by atoms with Crippen molar-refractivity contribution in [3.63, 3.8) is 0 Å². The van der Waals surface area contributed by atoms with E-state index in [1.807, 2.05) is 0 Å². The van der Waals surface area contributed by atoms with Gasteiger partial charge in [0.05, 0.1) is 5.56 Å². The molecule has 0 amide bonds. The Labute approximate surface area is 99.7 Å². The first-order valence-electron chi connectivity index (χ1n) is 4.33. The number of ketones is 1. The molecule has 0 spiro atoms. The van der Waals surface area contributed by atoms with Crippen molar-refractivity contribution in [3.8, 4) is 0 Å². The van der Waals surface area contributed by atoms with Gasteiger partial charge in [-0.05, 0) is 30.7 Å². The predicted molar refractivity (Wildman–Crippen MR) is 59.9 cm³/mol. The van der Waals surface area contributed by atoms with Crippen LogP contribution in [0.25, 0.3) is 0 Å². The average molecular weight is 287 g/mol. The standard InChI is InChI=1S/C11H8BrFO3/c1-6-4-7(12)5-8(11(6)13)9(14)2-3-10(15)16/h2-5H,1H3,(H,15,16)/b3-2+. The minimum atomic E-state index is -1.25. The van der Waals surface area contributed by atoms with E-state index in [0.29, 0.717) is 16.1 Å². The summed E-state index contributed by atoms with van der Waals surface area (Å²) in [6, 6.07) is 2.85. The monoisotopic (exact) mass is 286 g/mol. The highest BCUT2D eigenvalue weighted by molar-refractivity contribution is 9.10. The first-order valence-corrected chi connectivity index (χ1v) is 5.12. The first-order chi connectivity index (χ1) is 7.41. The normalized spacial score (nSPS) is 10.7. The first kappa shape index (κ1) is 12.6. The summed E-state index contributed by atoms with van der Waals surface area (Å²) in [6.07, 6.45) is 1.50. The van der Waals surface area contributed by atoms with Gasteiger partial charge in [-0.15, -0.1) is 0 Å². The van der Waals surface area contributed by atoms with Gasteiger partial charge in [0, 0.05) is 10.5 Å². The molecule has 0 fully saturated rings. The van der Waals surface area contributed by atoms with E-state index in [9.17, 15) is 14.0 Å². The van der Waals surface area contributed by atoms with Gasteiger partial charge in [-0.25, -0.2) is 9.18 Å². The zero-order valence-corrected chi connectivity index (χ0v) is 9.92. The van der Waals surface area contributed by atoms with E-state index >= 15 is 0 Å². The van der Waals surface area contributed by atoms with Crippen LogP contribution in [0.1, 0.15) is 15.9 Å². The molecule has 0 unspecified atom stereocenters. The number of aryl methyl sites for hydroxylation is 1. The van der Waals surface area contributed by atoms with E-state index in [0.717, 1.165) is 6.08 Å². The number of benzene rings is 1. The highest BCUT2D eigenvalue weighted by Gasteiger charge is 2.12. The summed E-state index contributed by atoms with van der Waals surface area (Å²) in [5.41, 5.74) is 0.172. The molecule has 0 saturated heterocycles. The molecule has 5 heteroatoms. The number of halogens is 2. The summed E-state index contributed by atoms with van der Waals surface area (Å²) < 4.78 is 14.1. The fraction of sp³-hybridized carbons (Fsp3) is 0.0909. The average Bonchev–Trinajstić information content (AvgIpc) is 2.19. The van der Waals surface area contributed by atoms with Crippen LogP contribution >= 0.6 is 15.9 Å². The minimum absolute atomic E-state index is 0.149. The van der Waals surface area contributed by atoms with Crippen LogP contribution in [0.2, 0.25) is 0 Å². The lowest BCUT2D eigenvalue weighted by molar-refractivity contribution is -0.131. The Hall–Kier alpha value is -1.49. The second kappa shape index (κ2) is 5.03. The SMILES string of the molecule is Cc1cc(Br)cc(C(=O)/C=C/C(=O)O)c1F. The molecule has 0 aromatic heterocycles. The lowest BCUT2D eigenvalue weighted by atomic mass is 10.1. The Morgan fingerprint density at radius 1 is 1.38 bits per heavy atom. The van der Waals surface area contributed by atoms with Gasteiger partial charge >= 0.3 is 5.97 Å². The van der Waals surface area contributed by atoms with E-state index < -0.39 is 17.6 Å². The third kappa shape index (κ3) is 3.00. The molecule has 1 aromatic rings. The lowest BCUT2D eigenvalue weighted by Crippen LogP contribution is -2.02. The number of rotatable bonds is 3. The van der Waals surface area contributed by atoms with Crippen molar-refractivity contribution in [2.45, 2.75) is 6.92 Å². The van der Waals surface area contributed by atoms with E-state index in [4.69, 9.17) is 5.11 Å². The van der Waals surface area contributed by atoms with Gasteiger partial charge < -0.3 is 5.11 Å². The minimum Gasteiger partial charge on any atom is -0.478 e. The van der Waals surface area contributed by atoms with Crippen LogP contribution in [-0.2, 0) is 4.79 Å². The van der Waals surface area contributed by atoms with E-state index in [2.05, 4.69) is 15.9 Å². The van der Waals surface area contributed by atoms with Crippen molar-refractivity contribution >= 4 is 27.7 Å². The van der Waals surface area contributed by atoms with Crippen LogP contribution in [0.15, 0.2) is 28.8 Å². The number of carbonyl (C=O) groups excluding carboxylic acids is 1. The van der Waals surface area contributed by atoms with Crippen molar-refractivity contribution in [2.75, 3.05) is 0 Å². The van der Waals surface area contributed by atoms with Crippen LogP contribution in [0, 0.1) is 12.7 Å². The lowest BCUT2D eigenvalue weighted by Gasteiger charge is -2.03. The summed E-state index contributed by atoms with van der Waals surface area (Å²) in [6.45, 7) is 1.53. The van der Waals surface area contributed by atoms with Gasteiger partial charge in [-0.2, -0.15) is 0 Å². The quantitative estimate of drug-likeness (QED) is 0.687. The smallest absolute Gasteiger partial charge is 0.328 e. The zero-order valence-electron chi connectivity index (χ0n) is 8.33. The maximum atomic E-state index is 13.5. The maximum absolute atomic E-state index is 13.5. The summed E-state index contributed by atoms with van der Waals surface area (Å²) in [4.78, 5) is 21.7. The van der Waals surface area contributed by atoms with Crippen molar-refractivity contribution in [3.05, 3.63) is 45.7 Å². The number of carbonyl (C=O) groups is 2.